The summed E-state index contributed by atoms with van der Waals surface area (Å²) >= 11 is 6.39. The molecule has 1 saturated heterocycles. The maximum atomic E-state index is 6.39. The van der Waals surface area contributed by atoms with Crippen LogP contribution in [0.4, 0.5) is 5.69 Å². The average Bonchev–Trinajstić information content (AvgIpc) is 2.89. The molecular formula is C16H23ClN2. The molecule has 19 heavy (non-hydrogen) atoms. The molecule has 3 rings (SSSR count). The van der Waals surface area contributed by atoms with Gasteiger partial charge >= 0.3 is 0 Å². The quantitative estimate of drug-likeness (QED) is 0.915. The van der Waals surface area contributed by atoms with Gasteiger partial charge < -0.3 is 10.6 Å². The van der Waals surface area contributed by atoms with Gasteiger partial charge in [0.2, 0.25) is 0 Å². The predicted molar refractivity (Wildman–Crippen MR) is 81.9 cm³/mol. The summed E-state index contributed by atoms with van der Waals surface area (Å²) in [6.07, 6.45) is 7.75. The van der Waals surface area contributed by atoms with Crippen LogP contribution in [0.5, 0.6) is 0 Å². The Hall–Kier alpha value is -0.730. The lowest BCUT2D eigenvalue weighted by Gasteiger charge is -2.40. The average molecular weight is 279 g/mol. The third-order valence-corrected chi connectivity index (χ3v) is 5.15. The number of rotatable bonds is 3. The summed E-state index contributed by atoms with van der Waals surface area (Å²) in [5, 5.41) is 0.878. The van der Waals surface area contributed by atoms with Crippen LogP contribution in [0.15, 0.2) is 18.2 Å². The highest BCUT2D eigenvalue weighted by molar-refractivity contribution is 6.31. The van der Waals surface area contributed by atoms with Crippen LogP contribution in [0.2, 0.25) is 5.02 Å². The molecule has 1 saturated carbocycles. The van der Waals surface area contributed by atoms with Crippen molar-refractivity contribution in [2.45, 2.75) is 44.6 Å². The Morgan fingerprint density at radius 3 is 2.89 bits per heavy atom. The maximum Gasteiger partial charge on any atom is 0.0459 e. The minimum atomic E-state index is 0.665. The van der Waals surface area contributed by atoms with Gasteiger partial charge in [0.05, 0.1) is 0 Å². The van der Waals surface area contributed by atoms with Gasteiger partial charge in [-0.25, -0.2) is 0 Å². The third-order valence-electron chi connectivity index (χ3n) is 4.79. The van der Waals surface area contributed by atoms with Crippen LogP contribution in [0.3, 0.4) is 0 Å². The second-order valence-corrected chi connectivity index (χ2v) is 6.28. The van der Waals surface area contributed by atoms with Crippen LogP contribution in [0.25, 0.3) is 0 Å². The highest BCUT2D eigenvalue weighted by Crippen LogP contribution is 2.41. The van der Waals surface area contributed by atoms with Gasteiger partial charge in [0.15, 0.2) is 0 Å². The zero-order chi connectivity index (χ0) is 13.2. The lowest BCUT2D eigenvalue weighted by Crippen LogP contribution is -2.43. The van der Waals surface area contributed by atoms with Crippen molar-refractivity contribution in [1.29, 1.82) is 0 Å². The molecule has 1 aliphatic carbocycles. The standard InChI is InChI=1S/C16H23ClN2/c17-14-6-2-8-16(13(14)9-10-18)19-11-3-5-12-4-1-7-15(12)19/h2,6,8,12,15H,1,3-5,7,9-11,18H2. The van der Waals surface area contributed by atoms with Crippen molar-refractivity contribution in [1.82, 2.24) is 0 Å². The zero-order valence-corrected chi connectivity index (χ0v) is 12.2. The molecule has 1 heterocycles. The van der Waals surface area contributed by atoms with Crippen molar-refractivity contribution >= 4 is 17.3 Å². The van der Waals surface area contributed by atoms with Crippen LogP contribution >= 0.6 is 11.6 Å². The Bertz CT molecular complexity index is 446. The summed E-state index contributed by atoms with van der Waals surface area (Å²) in [7, 11) is 0. The molecule has 0 aromatic heterocycles. The highest BCUT2D eigenvalue weighted by atomic mass is 35.5. The largest absolute Gasteiger partial charge is 0.368 e. The Morgan fingerprint density at radius 1 is 1.21 bits per heavy atom. The minimum absolute atomic E-state index is 0.665. The van der Waals surface area contributed by atoms with Gasteiger partial charge in [0.1, 0.15) is 0 Å². The van der Waals surface area contributed by atoms with Gasteiger partial charge in [-0.1, -0.05) is 24.1 Å². The molecule has 0 spiro atoms. The van der Waals surface area contributed by atoms with E-state index in [1.165, 1.54) is 49.9 Å². The lowest BCUT2D eigenvalue weighted by molar-refractivity contribution is 0.362. The van der Waals surface area contributed by atoms with E-state index in [0.29, 0.717) is 6.54 Å². The van der Waals surface area contributed by atoms with Crippen molar-refractivity contribution in [3.8, 4) is 0 Å². The van der Waals surface area contributed by atoms with Crippen LogP contribution in [0, 0.1) is 5.92 Å². The zero-order valence-electron chi connectivity index (χ0n) is 11.4. The molecule has 2 unspecified atom stereocenters. The molecule has 0 bridgehead atoms. The van der Waals surface area contributed by atoms with Crippen molar-refractivity contribution in [2.24, 2.45) is 11.7 Å². The summed E-state index contributed by atoms with van der Waals surface area (Å²) in [6, 6.07) is 7.05. The van der Waals surface area contributed by atoms with Gasteiger partial charge in [-0.2, -0.15) is 0 Å². The molecule has 2 atom stereocenters. The number of benzene rings is 1. The van der Waals surface area contributed by atoms with Gasteiger partial charge in [0, 0.05) is 23.3 Å². The highest BCUT2D eigenvalue weighted by Gasteiger charge is 2.35. The Balaban J connectivity index is 1.94. The number of piperidine rings is 1. The van der Waals surface area contributed by atoms with Crippen LogP contribution in [0.1, 0.15) is 37.7 Å². The van der Waals surface area contributed by atoms with Gasteiger partial charge in [-0.15, -0.1) is 0 Å². The summed E-state index contributed by atoms with van der Waals surface area (Å²) < 4.78 is 0. The summed E-state index contributed by atoms with van der Waals surface area (Å²) in [6.45, 7) is 1.84. The number of hydrogen-bond donors (Lipinski definition) is 1. The topological polar surface area (TPSA) is 29.3 Å². The molecule has 1 aliphatic heterocycles. The number of hydrogen-bond acceptors (Lipinski definition) is 2. The number of halogens is 1. The Morgan fingerprint density at radius 2 is 2.05 bits per heavy atom. The first kappa shape index (κ1) is 13.3. The predicted octanol–water partition coefficient (Wildman–Crippen LogP) is 3.61. The van der Waals surface area contributed by atoms with Gasteiger partial charge in [0.25, 0.3) is 0 Å². The van der Waals surface area contributed by atoms with E-state index in [1.807, 2.05) is 6.07 Å². The fourth-order valence-electron chi connectivity index (χ4n) is 3.96. The number of fused-ring (bicyclic) bond motifs is 1. The third kappa shape index (κ3) is 2.48. The molecule has 1 aromatic rings. The second kappa shape index (κ2) is 5.72. The number of anilines is 1. The molecule has 0 radical (unpaired) electrons. The summed E-state index contributed by atoms with van der Waals surface area (Å²) in [4.78, 5) is 2.62. The Kier molecular flexibility index (Phi) is 3.99. The first-order valence-corrected chi connectivity index (χ1v) is 7.93. The van der Waals surface area contributed by atoms with E-state index in [-0.39, 0.29) is 0 Å². The van der Waals surface area contributed by atoms with E-state index in [2.05, 4.69) is 17.0 Å². The van der Waals surface area contributed by atoms with Gasteiger partial charge in [-0.3, -0.25) is 0 Å². The fraction of sp³-hybridized carbons (Fsp3) is 0.625. The number of nitrogens with two attached hydrogens (primary N) is 1. The molecule has 2 aliphatic rings. The lowest BCUT2D eigenvalue weighted by atomic mass is 9.90. The van der Waals surface area contributed by atoms with Crippen molar-refractivity contribution in [3.63, 3.8) is 0 Å². The fourth-order valence-corrected chi connectivity index (χ4v) is 4.23. The number of nitrogens with zero attached hydrogens (tertiary/aromatic N) is 1. The molecule has 2 nitrogen and oxygen atoms in total. The van der Waals surface area contributed by atoms with Crippen LogP contribution < -0.4 is 10.6 Å². The molecule has 0 amide bonds. The first-order chi connectivity index (χ1) is 9.31. The molecule has 3 heteroatoms. The van der Waals surface area contributed by atoms with E-state index in [4.69, 9.17) is 17.3 Å². The van der Waals surface area contributed by atoms with E-state index in [0.717, 1.165) is 23.4 Å². The maximum absolute atomic E-state index is 6.39. The molecule has 2 N–H and O–H groups in total. The van der Waals surface area contributed by atoms with Crippen molar-refractivity contribution < 1.29 is 0 Å². The van der Waals surface area contributed by atoms with E-state index in [1.54, 1.807) is 0 Å². The smallest absolute Gasteiger partial charge is 0.0459 e. The van der Waals surface area contributed by atoms with Crippen molar-refractivity contribution in [3.05, 3.63) is 28.8 Å². The molecule has 104 valence electrons. The SMILES string of the molecule is NCCc1c(Cl)cccc1N1CCCC2CCCC21. The summed E-state index contributed by atoms with van der Waals surface area (Å²) in [5.41, 5.74) is 8.35. The molecular weight excluding hydrogens is 256 g/mol. The van der Waals surface area contributed by atoms with E-state index < -0.39 is 0 Å². The molecule has 1 aromatic carbocycles. The van der Waals surface area contributed by atoms with Gasteiger partial charge in [-0.05, 0) is 62.3 Å². The van der Waals surface area contributed by atoms with E-state index in [9.17, 15) is 0 Å². The van der Waals surface area contributed by atoms with Crippen LogP contribution in [-0.2, 0) is 6.42 Å². The normalized spacial score (nSPS) is 26.5. The second-order valence-electron chi connectivity index (χ2n) is 5.87. The van der Waals surface area contributed by atoms with Crippen LogP contribution in [-0.4, -0.2) is 19.1 Å². The first-order valence-electron chi connectivity index (χ1n) is 7.55. The monoisotopic (exact) mass is 278 g/mol. The molecule has 2 fully saturated rings. The Labute approximate surface area is 120 Å². The summed E-state index contributed by atoms with van der Waals surface area (Å²) in [5.74, 6) is 0.901. The van der Waals surface area contributed by atoms with Crippen molar-refractivity contribution in [2.75, 3.05) is 18.0 Å². The van der Waals surface area contributed by atoms with E-state index >= 15 is 0 Å². The minimum Gasteiger partial charge on any atom is -0.368 e.